The number of hydrogen-bond donors (Lipinski definition) is 2. The van der Waals surface area contributed by atoms with E-state index < -0.39 is 17.4 Å². The minimum atomic E-state index is -1.05. The Morgan fingerprint density at radius 2 is 1.77 bits per heavy atom. The normalized spacial score (nSPS) is 22.6. The van der Waals surface area contributed by atoms with Crippen LogP contribution in [0.25, 0.3) is 10.9 Å². The third kappa shape index (κ3) is 5.58. The molecule has 4 atom stereocenters. The van der Waals surface area contributed by atoms with Crippen LogP contribution >= 0.6 is 23.2 Å². The van der Waals surface area contributed by atoms with Crippen molar-refractivity contribution in [3.63, 3.8) is 0 Å². The fraction of sp³-hybridized carbons (Fsp3) is 0.303. The second kappa shape index (κ2) is 11.2. The molecule has 1 aliphatic rings. The van der Waals surface area contributed by atoms with E-state index in [0.29, 0.717) is 23.0 Å². The van der Waals surface area contributed by atoms with Gasteiger partial charge in [-0.15, -0.1) is 0 Å². The largest absolute Gasteiger partial charge is 0.351 e. The van der Waals surface area contributed by atoms with Crippen LogP contribution in [-0.4, -0.2) is 23.0 Å². The number of hydrogen-bond acceptors (Lipinski definition) is 4. The fourth-order valence-electron chi connectivity index (χ4n) is 5.97. The molecule has 2 heterocycles. The molecule has 1 aliphatic heterocycles. The maximum Gasteiger partial charge on any atom is 0.238 e. The van der Waals surface area contributed by atoms with Gasteiger partial charge in [-0.25, -0.2) is 0 Å². The summed E-state index contributed by atoms with van der Waals surface area (Å²) in [5.41, 5.74) is 2.31. The van der Waals surface area contributed by atoms with Crippen LogP contribution in [0.1, 0.15) is 49.8 Å². The van der Waals surface area contributed by atoms with Crippen molar-refractivity contribution in [2.75, 3.05) is 0 Å². The predicted octanol–water partition coefficient (Wildman–Crippen LogP) is 7.18. The first-order chi connectivity index (χ1) is 19.1. The molecular formula is C33H32Cl2N4O. The van der Waals surface area contributed by atoms with Crippen LogP contribution in [0.15, 0.2) is 85.1 Å². The first-order valence-corrected chi connectivity index (χ1v) is 14.2. The highest BCUT2D eigenvalue weighted by atomic mass is 35.5. The van der Waals surface area contributed by atoms with Gasteiger partial charge >= 0.3 is 0 Å². The number of aromatic nitrogens is 1. The smallest absolute Gasteiger partial charge is 0.238 e. The Bertz CT molecular complexity index is 1570. The summed E-state index contributed by atoms with van der Waals surface area (Å²) in [6.07, 6.45) is 2.47. The number of halogens is 2. The number of para-hydroxylation sites is 1. The van der Waals surface area contributed by atoms with E-state index in [9.17, 15) is 10.1 Å². The van der Waals surface area contributed by atoms with Gasteiger partial charge in [0.25, 0.3) is 0 Å². The minimum absolute atomic E-state index is 0.104. The van der Waals surface area contributed by atoms with Crippen molar-refractivity contribution in [3.05, 3.63) is 112 Å². The van der Waals surface area contributed by atoms with Gasteiger partial charge in [-0.1, -0.05) is 86.4 Å². The topological polar surface area (TPSA) is 77.8 Å². The number of nitrogens with zero attached hydrogens (tertiary/aromatic N) is 2. The maximum atomic E-state index is 14.0. The van der Waals surface area contributed by atoms with Crippen LogP contribution in [-0.2, 0) is 16.8 Å². The number of amides is 1. The Hall–Kier alpha value is -3.43. The van der Waals surface area contributed by atoms with Gasteiger partial charge in [0.15, 0.2) is 0 Å². The Morgan fingerprint density at radius 3 is 2.48 bits per heavy atom. The van der Waals surface area contributed by atoms with E-state index in [-0.39, 0.29) is 17.4 Å². The van der Waals surface area contributed by atoms with Crippen LogP contribution in [0.3, 0.4) is 0 Å². The average molecular weight is 572 g/mol. The zero-order valence-corrected chi connectivity index (χ0v) is 24.3. The molecule has 204 valence electrons. The van der Waals surface area contributed by atoms with E-state index in [1.165, 1.54) is 0 Å². The zero-order chi connectivity index (χ0) is 28.5. The lowest BCUT2D eigenvalue weighted by molar-refractivity contribution is -0.123. The average Bonchev–Trinajstić information content (AvgIpc) is 3.25. The molecule has 0 saturated carbocycles. The van der Waals surface area contributed by atoms with Crippen molar-refractivity contribution in [2.24, 2.45) is 5.41 Å². The third-order valence-electron chi connectivity index (χ3n) is 7.68. The Morgan fingerprint density at radius 1 is 1.02 bits per heavy atom. The van der Waals surface area contributed by atoms with Crippen molar-refractivity contribution in [2.45, 2.75) is 57.2 Å². The number of carbonyl (C=O) groups excluding carboxylic acids is 1. The van der Waals surface area contributed by atoms with Gasteiger partial charge in [0.2, 0.25) is 5.91 Å². The van der Waals surface area contributed by atoms with Crippen molar-refractivity contribution in [1.29, 1.82) is 5.26 Å². The van der Waals surface area contributed by atoms with Crippen LogP contribution in [0.2, 0.25) is 10.0 Å². The van der Waals surface area contributed by atoms with Crippen LogP contribution in [0.4, 0.5) is 0 Å². The summed E-state index contributed by atoms with van der Waals surface area (Å²) in [5, 5.41) is 19.9. The zero-order valence-electron chi connectivity index (χ0n) is 22.8. The van der Waals surface area contributed by atoms with E-state index in [4.69, 9.17) is 23.2 Å². The van der Waals surface area contributed by atoms with Gasteiger partial charge < -0.3 is 10.6 Å². The number of rotatable bonds is 6. The number of pyridine rings is 1. The highest BCUT2D eigenvalue weighted by molar-refractivity contribution is 6.30. The Kier molecular flexibility index (Phi) is 7.88. The van der Waals surface area contributed by atoms with Crippen LogP contribution in [0, 0.1) is 16.7 Å². The van der Waals surface area contributed by atoms with E-state index >= 15 is 0 Å². The van der Waals surface area contributed by atoms with E-state index in [1.807, 2.05) is 60.7 Å². The summed E-state index contributed by atoms with van der Waals surface area (Å²) in [6, 6.07) is 26.6. The van der Waals surface area contributed by atoms with Gasteiger partial charge in [0, 0.05) is 40.1 Å². The molecule has 0 unspecified atom stereocenters. The van der Waals surface area contributed by atoms with Gasteiger partial charge in [-0.05, 0) is 64.9 Å². The summed E-state index contributed by atoms with van der Waals surface area (Å²) < 4.78 is 0. The quantitative estimate of drug-likeness (QED) is 0.257. The molecule has 0 radical (unpaired) electrons. The summed E-state index contributed by atoms with van der Waals surface area (Å²) in [6.45, 7) is 6.76. The molecule has 5 rings (SSSR count). The molecule has 1 amide bonds. The highest BCUT2D eigenvalue weighted by Gasteiger charge is 2.59. The molecule has 4 aromatic rings. The van der Waals surface area contributed by atoms with Gasteiger partial charge in [-0.2, -0.15) is 5.26 Å². The molecule has 2 N–H and O–H groups in total. The molecule has 1 saturated heterocycles. The van der Waals surface area contributed by atoms with Crippen molar-refractivity contribution >= 4 is 40.0 Å². The van der Waals surface area contributed by atoms with Crippen molar-refractivity contribution in [1.82, 2.24) is 15.6 Å². The van der Waals surface area contributed by atoms with Gasteiger partial charge in [0.1, 0.15) is 5.41 Å². The molecule has 5 nitrogen and oxygen atoms in total. The number of fused-ring (bicyclic) bond motifs is 1. The molecule has 1 fully saturated rings. The summed E-state index contributed by atoms with van der Waals surface area (Å²) in [4.78, 5) is 18.5. The standard InChI is InChI=1S/C33H32Cl2N4O/c1-32(2,3)17-28-33(20-36,24-11-13-25(34)14-12-24)29(23-8-6-9-26(35)16-23)30(39-28)31(40)38-19-21-15-22-7-4-5-10-27(22)37-18-21/h4-16,18,28-30,39H,17,19H2,1-3H3,(H,38,40)/t28-,29-,30+,33-/m0/s1. The van der Waals surface area contributed by atoms with Crippen LogP contribution in [0.5, 0.6) is 0 Å². The molecule has 40 heavy (non-hydrogen) atoms. The second-order valence-corrected chi connectivity index (χ2v) is 12.6. The van der Waals surface area contributed by atoms with Crippen LogP contribution < -0.4 is 10.6 Å². The highest BCUT2D eigenvalue weighted by Crippen LogP contribution is 2.51. The molecule has 0 aliphatic carbocycles. The monoisotopic (exact) mass is 570 g/mol. The lowest BCUT2D eigenvalue weighted by atomic mass is 9.63. The Balaban J connectivity index is 1.56. The number of benzene rings is 3. The predicted molar refractivity (Wildman–Crippen MR) is 161 cm³/mol. The maximum absolute atomic E-state index is 14.0. The van der Waals surface area contributed by atoms with Gasteiger partial charge in [-0.3, -0.25) is 9.78 Å². The molecule has 1 aromatic heterocycles. The van der Waals surface area contributed by atoms with Crippen molar-refractivity contribution < 1.29 is 4.79 Å². The van der Waals surface area contributed by atoms with E-state index in [0.717, 1.165) is 27.6 Å². The molecule has 0 spiro atoms. The Labute approximate surface area is 245 Å². The SMILES string of the molecule is CC(C)(C)C[C@@H]1N[C@@H](C(=O)NCc2cnc3ccccc3c2)[C@H](c2cccc(Cl)c2)[C@@]1(C#N)c1ccc(Cl)cc1. The first-order valence-electron chi connectivity index (χ1n) is 13.4. The fourth-order valence-corrected chi connectivity index (χ4v) is 6.29. The summed E-state index contributed by atoms with van der Waals surface area (Å²) in [5.74, 6) is -0.678. The molecule has 0 bridgehead atoms. The summed E-state index contributed by atoms with van der Waals surface area (Å²) >= 11 is 12.7. The van der Waals surface area contributed by atoms with E-state index in [2.05, 4.69) is 42.5 Å². The molecule has 7 heteroatoms. The molecular weight excluding hydrogens is 539 g/mol. The number of carbonyl (C=O) groups is 1. The van der Waals surface area contributed by atoms with E-state index in [1.54, 1.807) is 24.4 Å². The number of nitrogens with one attached hydrogen (secondary N) is 2. The lowest BCUT2D eigenvalue weighted by Gasteiger charge is -2.37. The first kappa shape index (κ1) is 28.1. The third-order valence-corrected chi connectivity index (χ3v) is 8.17. The number of nitriles is 1. The lowest BCUT2D eigenvalue weighted by Crippen LogP contribution is -2.45. The second-order valence-electron chi connectivity index (χ2n) is 11.7. The summed E-state index contributed by atoms with van der Waals surface area (Å²) in [7, 11) is 0. The van der Waals surface area contributed by atoms with Crippen molar-refractivity contribution in [3.8, 4) is 6.07 Å². The molecule has 3 aromatic carbocycles. The minimum Gasteiger partial charge on any atom is -0.351 e. The van der Waals surface area contributed by atoms with Gasteiger partial charge in [0.05, 0.1) is 17.6 Å².